The molecular formula is C12H12ClN3O2S2. The van der Waals surface area contributed by atoms with E-state index in [2.05, 4.69) is 14.9 Å². The molecule has 0 fully saturated rings. The van der Waals surface area contributed by atoms with Crippen LogP contribution in [0.2, 0.25) is 5.02 Å². The van der Waals surface area contributed by atoms with Crippen LogP contribution < -0.4 is 4.83 Å². The number of hydrogen-bond acceptors (Lipinski definition) is 5. The summed E-state index contributed by atoms with van der Waals surface area (Å²) in [5.41, 5.74) is 1.22. The summed E-state index contributed by atoms with van der Waals surface area (Å²) in [4.78, 5) is 6.26. The third kappa shape index (κ3) is 3.56. The van der Waals surface area contributed by atoms with Gasteiger partial charge in [0, 0.05) is 5.02 Å². The number of nitrogens with one attached hydrogen (secondary N) is 1. The first-order valence-corrected chi connectivity index (χ1v) is 8.31. The second kappa shape index (κ2) is 5.90. The first-order chi connectivity index (χ1) is 9.38. The molecule has 0 aliphatic rings. The molecule has 0 atom stereocenters. The number of sulfonamides is 1. The van der Waals surface area contributed by atoms with E-state index < -0.39 is 10.0 Å². The second-order valence-electron chi connectivity index (χ2n) is 4.01. The van der Waals surface area contributed by atoms with Crippen LogP contribution in [0.5, 0.6) is 0 Å². The lowest BCUT2D eigenvalue weighted by atomic mass is 10.2. The van der Waals surface area contributed by atoms with Crippen molar-refractivity contribution in [2.45, 2.75) is 18.1 Å². The van der Waals surface area contributed by atoms with Crippen LogP contribution in [-0.2, 0) is 10.0 Å². The van der Waals surface area contributed by atoms with Gasteiger partial charge in [0.05, 0.1) is 16.9 Å². The van der Waals surface area contributed by atoms with Gasteiger partial charge in [0.1, 0.15) is 0 Å². The Morgan fingerprint density at radius 1 is 1.30 bits per heavy atom. The van der Waals surface area contributed by atoms with Crippen LogP contribution in [0, 0.1) is 13.8 Å². The lowest BCUT2D eigenvalue weighted by Gasteiger charge is -2.00. The Bertz CT molecular complexity index is 737. The van der Waals surface area contributed by atoms with Gasteiger partial charge < -0.3 is 0 Å². The van der Waals surface area contributed by atoms with Gasteiger partial charge in [0.25, 0.3) is 10.0 Å². The maximum Gasteiger partial charge on any atom is 0.287 e. The monoisotopic (exact) mass is 329 g/mol. The molecule has 1 aromatic carbocycles. The minimum absolute atomic E-state index is 0.184. The van der Waals surface area contributed by atoms with Crippen LogP contribution in [0.1, 0.15) is 16.3 Å². The number of thiazole rings is 1. The zero-order chi connectivity index (χ0) is 14.8. The predicted molar refractivity (Wildman–Crippen MR) is 81.0 cm³/mol. The fourth-order valence-electron chi connectivity index (χ4n) is 1.52. The molecule has 106 valence electrons. The van der Waals surface area contributed by atoms with Crippen molar-refractivity contribution in [1.82, 2.24) is 9.82 Å². The topological polar surface area (TPSA) is 71.4 Å². The summed E-state index contributed by atoms with van der Waals surface area (Å²) in [5, 5.41) is 5.05. The van der Waals surface area contributed by atoms with E-state index >= 15 is 0 Å². The minimum Gasteiger partial charge on any atom is -0.245 e. The number of rotatable bonds is 4. The largest absolute Gasteiger partial charge is 0.287 e. The molecule has 20 heavy (non-hydrogen) atoms. The van der Waals surface area contributed by atoms with E-state index in [0.29, 0.717) is 15.7 Å². The highest BCUT2D eigenvalue weighted by atomic mass is 35.5. The molecule has 5 nitrogen and oxygen atoms in total. The van der Waals surface area contributed by atoms with Gasteiger partial charge in [-0.05, 0) is 31.5 Å². The van der Waals surface area contributed by atoms with Gasteiger partial charge in [0.2, 0.25) is 0 Å². The Kier molecular flexibility index (Phi) is 4.42. The number of halogens is 1. The fourth-order valence-corrected chi connectivity index (χ4v) is 3.91. The Balaban J connectivity index is 2.13. The average molecular weight is 330 g/mol. The number of hydrazone groups is 1. The Morgan fingerprint density at radius 2 is 1.95 bits per heavy atom. The molecule has 1 heterocycles. The van der Waals surface area contributed by atoms with E-state index in [1.807, 2.05) is 0 Å². The number of aromatic nitrogens is 1. The van der Waals surface area contributed by atoms with Crippen molar-refractivity contribution in [3.8, 4) is 0 Å². The molecule has 0 radical (unpaired) electrons. The smallest absolute Gasteiger partial charge is 0.245 e. The summed E-state index contributed by atoms with van der Waals surface area (Å²) in [6, 6.07) is 6.88. The number of nitrogens with zero attached hydrogens (tertiary/aromatic N) is 2. The van der Waals surface area contributed by atoms with Crippen LogP contribution in [-0.4, -0.2) is 19.6 Å². The molecular weight excluding hydrogens is 318 g/mol. The quantitative estimate of drug-likeness (QED) is 0.692. The van der Waals surface area contributed by atoms with Crippen molar-refractivity contribution in [3.05, 3.63) is 45.6 Å². The zero-order valence-corrected chi connectivity index (χ0v) is 13.2. The molecule has 1 aromatic heterocycles. The molecule has 0 saturated carbocycles. The number of aryl methyl sites for hydroxylation is 2. The minimum atomic E-state index is -3.67. The summed E-state index contributed by atoms with van der Waals surface area (Å²) in [6.07, 6.45) is 1.41. The van der Waals surface area contributed by atoms with Gasteiger partial charge >= 0.3 is 0 Å². The van der Waals surface area contributed by atoms with Crippen LogP contribution >= 0.6 is 22.9 Å². The van der Waals surface area contributed by atoms with Crippen molar-refractivity contribution >= 4 is 39.2 Å². The van der Waals surface area contributed by atoms with Crippen LogP contribution in [0.15, 0.2) is 33.6 Å². The highest BCUT2D eigenvalue weighted by Gasteiger charge is 2.19. The Labute approximate surface area is 126 Å². The highest BCUT2D eigenvalue weighted by Crippen LogP contribution is 2.22. The molecule has 0 unspecified atom stereocenters. The van der Waals surface area contributed by atoms with Crippen molar-refractivity contribution in [2.75, 3.05) is 0 Å². The van der Waals surface area contributed by atoms with E-state index in [-0.39, 0.29) is 4.21 Å². The SMILES string of the molecule is Cc1nc(C)c(S(=O)(=O)N/N=C/c2ccc(Cl)cc2)s1. The fraction of sp³-hybridized carbons (Fsp3) is 0.167. The van der Waals surface area contributed by atoms with Crippen molar-refractivity contribution < 1.29 is 8.42 Å². The third-order valence-electron chi connectivity index (χ3n) is 2.36. The maximum absolute atomic E-state index is 12.0. The van der Waals surface area contributed by atoms with E-state index in [9.17, 15) is 8.42 Å². The summed E-state index contributed by atoms with van der Waals surface area (Å²) in [7, 11) is -3.67. The van der Waals surface area contributed by atoms with Gasteiger partial charge in [-0.1, -0.05) is 23.7 Å². The Hall–Kier alpha value is -1.44. The van der Waals surface area contributed by atoms with Crippen LogP contribution in [0.3, 0.4) is 0 Å². The van der Waals surface area contributed by atoms with Gasteiger partial charge in [-0.25, -0.2) is 4.98 Å². The summed E-state index contributed by atoms with van der Waals surface area (Å²) in [6.45, 7) is 3.41. The number of hydrogen-bond donors (Lipinski definition) is 1. The molecule has 0 amide bonds. The third-order valence-corrected chi connectivity index (χ3v) is 5.52. The van der Waals surface area contributed by atoms with Gasteiger partial charge in [-0.15, -0.1) is 11.3 Å². The van der Waals surface area contributed by atoms with Crippen LogP contribution in [0.25, 0.3) is 0 Å². The number of benzene rings is 1. The van der Waals surface area contributed by atoms with E-state index in [1.54, 1.807) is 38.1 Å². The average Bonchev–Trinajstić information content (AvgIpc) is 2.72. The second-order valence-corrected chi connectivity index (χ2v) is 7.51. The van der Waals surface area contributed by atoms with Crippen LogP contribution in [0.4, 0.5) is 0 Å². The molecule has 2 rings (SSSR count). The molecule has 0 aliphatic heterocycles. The standard InChI is InChI=1S/C12H12ClN3O2S2/c1-8-12(19-9(2)15-8)20(17,18)16-14-7-10-3-5-11(13)6-4-10/h3-7,16H,1-2H3/b14-7+. The first kappa shape index (κ1) is 15.0. The van der Waals surface area contributed by atoms with Crippen molar-refractivity contribution in [2.24, 2.45) is 5.10 Å². The van der Waals surface area contributed by atoms with E-state index in [4.69, 9.17) is 11.6 Å². The van der Waals surface area contributed by atoms with Crippen molar-refractivity contribution in [1.29, 1.82) is 0 Å². The molecule has 8 heteroatoms. The summed E-state index contributed by atoms with van der Waals surface area (Å²) < 4.78 is 24.3. The molecule has 2 aromatic rings. The lowest BCUT2D eigenvalue weighted by molar-refractivity contribution is 0.586. The summed E-state index contributed by atoms with van der Waals surface area (Å²) in [5.74, 6) is 0. The lowest BCUT2D eigenvalue weighted by Crippen LogP contribution is -2.18. The normalized spacial score (nSPS) is 11.9. The molecule has 0 aliphatic carbocycles. The summed E-state index contributed by atoms with van der Waals surface area (Å²) >= 11 is 6.87. The predicted octanol–water partition coefficient (Wildman–Crippen LogP) is 2.73. The van der Waals surface area contributed by atoms with Gasteiger partial charge in [-0.3, -0.25) is 0 Å². The highest BCUT2D eigenvalue weighted by molar-refractivity contribution is 7.91. The maximum atomic E-state index is 12.0. The van der Waals surface area contributed by atoms with E-state index in [0.717, 1.165) is 16.9 Å². The molecule has 0 spiro atoms. The Morgan fingerprint density at radius 3 is 2.50 bits per heavy atom. The van der Waals surface area contributed by atoms with Crippen molar-refractivity contribution in [3.63, 3.8) is 0 Å². The molecule has 0 saturated heterocycles. The van der Waals surface area contributed by atoms with Gasteiger partial charge in [-0.2, -0.15) is 18.4 Å². The van der Waals surface area contributed by atoms with Gasteiger partial charge in [0.15, 0.2) is 4.21 Å². The first-order valence-electron chi connectivity index (χ1n) is 5.63. The van der Waals surface area contributed by atoms with E-state index in [1.165, 1.54) is 6.21 Å². The molecule has 1 N–H and O–H groups in total. The zero-order valence-electron chi connectivity index (χ0n) is 10.8. The molecule has 0 bridgehead atoms.